The number of imidazole rings is 1. The summed E-state index contributed by atoms with van der Waals surface area (Å²) in [5.41, 5.74) is 2.75. The van der Waals surface area contributed by atoms with Crippen LogP contribution in [-0.4, -0.2) is 49.4 Å². The van der Waals surface area contributed by atoms with Crippen LogP contribution in [0.25, 0.3) is 11.2 Å². The standard InChI is InChI=1S/C20H22N6O/c27-17-8-4-7-15-16(26(17)11-14-5-2-1-3-6-14)9-10-25(15)20-18-19(22-12-21-18)23-13-24-20/h1-3,5-6,12-13,15-16H,4,7-11H2,(H,21,22,23,24). The van der Waals surface area contributed by atoms with Gasteiger partial charge < -0.3 is 14.8 Å². The van der Waals surface area contributed by atoms with Crippen LogP contribution in [0.4, 0.5) is 5.82 Å². The van der Waals surface area contributed by atoms with Crippen molar-refractivity contribution in [1.29, 1.82) is 0 Å². The fraction of sp³-hybridized carbons (Fsp3) is 0.400. The number of nitrogens with one attached hydrogen (secondary N) is 1. The molecule has 2 fully saturated rings. The summed E-state index contributed by atoms with van der Waals surface area (Å²) in [6, 6.07) is 10.8. The predicted octanol–water partition coefficient (Wildman–Crippen LogP) is 2.51. The minimum atomic E-state index is 0.216. The van der Waals surface area contributed by atoms with E-state index in [1.807, 2.05) is 18.2 Å². The molecular formula is C20H22N6O. The van der Waals surface area contributed by atoms with Crippen molar-refractivity contribution in [2.24, 2.45) is 0 Å². The number of carbonyl (C=O) groups excluding carboxylic acids is 1. The van der Waals surface area contributed by atoms with Gasteiger partial charge in [0.1, 0.15) is 11.8 Å². The van der Waals surface area contributed by atoms with Crippen LogP contribution < -0.4 is 4.90 Å². The molecule has 1 amide bonds. The Labute approximate surface area is 157 Å². The third-order valence-corrected chi connectivity index (χ3v) is 5.79. The number of nitrogens with zero attached hydrogens (tertiary/aromatic N) is 5. The first-order valence-electron chi connectivity index (χ1n) is 9.55. The molecule has 0 spiro atoms. The quantitative estimate of drug-likeness (QED) is 0.775. The van der Waals surface area contributed by atoms with Gasteiger partial charge in [-0.1, -0.05) is 30.3 Å². The van der Waals surface area contributed by atoms with Crippen molar-refractivity contribution in [3.05, 3.63) is 48.5 Å². The highest BCUT2D eigenvalue weighted by molar-refractivity contribution is 5.83. The maximum atomic E-state index is 12.8. The number of amides is 1. The molecule has 2 atom stereocenters. The Morgan fingerprint density at radius 2 is 1.96 bits per heavy atom. The lowest BCUT2D eigenvalue weighted by Gasteiger charge is -2.33. The predicted molar refractivity (Wildman–Crippen MR) is 102 cm³/mol. The number of hydrogen-bond acceptors (Lipinski definition) is 5. The van der Waals surface area contributed by atoms with Gasteiger partial charge in [-0.2, -0.15) is 0 Å². The number of hydrogen-bond donors (Lipinski definition) is 1. The molecule has 27 heavy (non-hydrogen) atoms. The molecule has 0 radical (unpaired) electrons. The number of fused-ring (bicyclic) bond motifs is 2. The van der Waals surface area contributed by atoms with Crippen LogP contribution >= 0.6 is 0 Å². The summed E-state index contributed by atoms with van der Waals surface area (Å²) in [6.07, 6.45) is 6.74. The molecule has 7 heteroatoms. The Balaban J connectivity index is 1.47. The van der Waals surface area contributed by atoms with Gasteiger partial charge in [-0.3, -0.25) is 4.79 Å². The highest BCUT2D eigenvalue weighted by Gasteiger charge is 2.42. The van der Waals surface area contributed by atoms with E-state index in [9.17, 15) is 4.79 Å². The van der Waals surface area contributed by atoms with Crippen molar-refractivity contribution < 1.29 is 4.79 Å². The SMILES string of the molecule is O=C1CCCC2C(CCN2c2ncnc3nc[nH]c23)N1Cc1ccccc1. The van der Waals surface area contributed by atoms with Gasteiger partial charge in [-0.25, -0.2) is 15.0 Å². The monoisotopic (exact) mass is 362 g/mol. The normalized spacial score (nSPS) is 22.9. The van der Waals surface area contributed by atoms with Gasteiger partial charge in [0.05, 0.1) is 18.4 Å². The summed E-state index contributed by atoms with van der Waals surface area (Å²) in [4.78, 5) is 33.5. The smallest absolute Gasteiger partial charge is 0.223 e. The molecule has 2 saturated heterocycles. The van der Waals surface area contributed by atoms with E-state index in [-0.39, 0.29) is 18.0 Å². The summed E-state index contributed by atoms with van der Waals surface area (Å²) in [7, 11) is 0. The van der Waals surface area contributed by atoms with E-state index in [4.69, 9.17) is 0 Å². The van der Waals surface area contributed by atoms with Gasteiger partial charge in [0.25, 0.3) is 0 Å². The summed E-state index contributed by atoms with van der Waals surface area (Å²) in [6.45, 7) is 1.57. The van der Waals surface area contributed by atoms with E-state index in [2.05, 4.69) is 41.9 Å². The topological polar surface area (TPSA) is 78.0 Å². The molecule has 2 unspecified atom stereocenters. The lowest BCUT2D eigenvalue weighted by atomic mass is 10.0. The third-order valence-electron chi connectivity index (χ3n) is 5.79. The Kier molecular flexibility index (Phi) is 3.99. The van der Waals surface area contributed by atoms with Crippen LogP contribution in [-0.2, 0) is 11.3 Å². The van der Waals surface area contributed by atoms with E-state index in [1.54, 1.807) is 12.7 Å². The van der Waals surface area contributed by atoms with Crippen LogP contribution in [0.3, 0.4) is 0 Å². The Morgan fingerprint density at radius 1 is 1.07 bits per heavy atom. The molecule has 4 heterocycles. The van der Waals surface area contributed by atoms with E-state index in [0.29, 0.717) is 18.6 Å². The number of aromatic amines is 1. The largest absolute Gasteiger partial charge is 0.350 e. The molecule has 2 aromatic heterocycles. The van der Waals surface area contributed by atoms with Crippen molar-refractivity contribution in [3.63, 3.8) is 0 Å². The number of likely N-dealkylation sites (tertiary alicyclic amines) is 1. The molecule has 1 aromatic carbocycles. The summed E-state index contributed by atoms with van der Waals surface area (Å²) < 4.78 is 0. The highest BCUT2D eigenvalue weighted by Crippen LogP contribution is 2.35. The fourth-order valence-electron chi connectivity index (χ4n) is 4.56. The fourth-order valence-corrected chi connectivity index (χ4v) is 4.56. The minimum Gasteiger partial charge on any atom is -0.350 e. The summed E-state index contributed by atoms with van der Waals surface area (Å²) in [5.74, 6) is 1.17. The van der Waals surface area contributed by atoms with Gasteiger partial charge >= 0.3 is 0 Å². The second kappa shape index (κ2) is 6.64. The van der Waals surface area contributed by atoms with E-state index in [1.165, 1.54) is 5.56 Å². The highest BCUT2D eigenvalue weighted by atomic mass is 16.2. The maximum absolute atomic E-state index is 12.8. The van der Waals surface area contributed by atoms with Crippen LogP contribution in [0, 0.1) is 0 Å². The second-order valence-electron chi connectivity index (χ2n) is 7.31. The number of rotatable bonds is 3. The zero-order chi connectivity index (χ0) is 18.2. The molecule has 2 aliphatic heterocycles. The van der Waals surface area contributed by atoms with Crippen molar-refractivity contribution in [1.82, 2.24) is 24.8 Å². The zero-order valence-electron chi connectivity index (χ0n) is 15.1. The van der Waals surface area contributed by atoms with E-state index >= 15 is 0 Å². The summed E-state index contributed by atoms with van der Waals surface area (Å²) >= 11 is 0. The van der Waals surface area contributed by atoms with Gasteiger partial charge in [0.15, 0.2) is 11.5 Å². The maximum Gasteiger partial charge on any atom is 0.223 e. The lowest BCUT2D eigenvalue weighted by molar-refractivity contribution is -0.133. The van der Waals surface area contributed by atoms with Crippen LogP contribution in [0.15, 0.2) is 43.0 Å². The molecule has 7 nitrogen and oxygen atoms in total. The average molecular weight is 362 g/mol. The van der Waals surface area contributed by atoms with Gasteiger partial charge in [0, 0.05) is 19.5 Å². The number of H-pyrrole nitrogens is 1. The molecular weight excluding hydrogens is 340 g/mol. The number of benzene rings is 1. The number of anilines is 1. The first-order valence-corrected chi connectivity index (χ1v) is 9.55. The van der Waals surface area contributed by atoms with E-state index in [0.717, 1.165) is 37.1 Å². The van der Waals surface area contributed by atoms with Gasteiger partial charge in [0.2, 0.25) is 5.91 Å². The molecule has 1 N–H and O–H groups in total. The molecule has 3 aromatic rings. The number of carbonyl (C=O) groups is 1. The first kappa shape index (κ1) is 16.2. The zero-order valence-corrected chi connectivity index (χ0v) is 15.1. The molecule has 0 saturated carbocycles. The Morgan fingerprint density at radius 3 is 2.85 bits per heavy atom. The van der Waals surface area contributed by atoms with Crippen molar-refractivity contribution in [2.75, 3.05) is 11.4 Å². The van der Waals surface area contributed by atoms with Crippen LogP contribution in [0.2, 0.25) is 0 Å². The van der Waals surface area contributed by atoms with Crippen LogP contribution in [0.5, 0.6) is 0 Å². The number of aromatic nitrogens is 4. The lowest BCUT2D eigenvalue weighted by Crippen LogP contribution is -2.45. The molecule has 0 aliphatic carbocycles. The van der Waals surface area contributed by atoms with Crippen molar-refractivity contribution in [2.45, 2.75) is 44.3 Å². The van der Waals surface area contributed by atoms with Crippen LogP contribution in [0.1, 0.15) is 31.2 Å². The first-order chi connectivity index (χ1) is 13.3. The molecule has 2 aliphatic rings. The molecule has 0 bridgehead atoms. The van der Waals surface area contributed by atoms with Gasteiger partial charge in [-0.15, -0.1) is 0 Å². The summed E-state index contributed by atoms with van der Waals surface area (Å²) in [5, 5.41) is 0. The third kappa shape index (κ3) is 2.83. The average Bonchev–Trinajstić information content (AvgIpc) is 3.30. The molecule has 5 rings (SSSR count). The Bertz CT molecular complexity index is 955. The van der Waals surface area contributed by atoms with Gasteiger partial charge in [-0.05, 0) is 24.8 Å². The van der Waals surface area contributed by atoms with Crippen molar-refractivity contribution >= 4 is 22.9 Å². The van der Waals surface area contributed by atoms with Crippen molar-refractivity contribution in [3.8, 4) is 0 Å². The minimum absolute atomic E-state index is 0.216. The second-order valence-corrected chi connectivity index (χ2v) is 7.31. The molecule has 138 valence electrons. The van der Waals surface area contributed by atoms with E-state index < -0.39 is 0 Å². The Hall–Kier alpha value is -2.96.